The number of aromatic nitrogens is 2. The molecule has 2 aromatic carbocycles. The number of thioether (sulfide) groups is 1. The Morgan fingerprint density at radius 3 is 2.91 bits per heavy atom. The molecule has 0 radical (unpaired) electrons. The van der Waals surface area contributed by atoms with Crippen molar-refractivity contribution in [1.29, 1.82) is 0 Å². The van der Waals surface area contributed by atoms with Crippen molar-refractivity contribution in [3.63, 3.8) is 0 Å². The summed E-state index contributed by atoms with van der Waals surface area (Å²) < 4.78 is 6.07. The van der Waals surface area contributed by atoms with Crippen LogP contribution in [0.4, 0.5) is 0 Å². The molecule has 2 heterocycles. The highest BCUT2D eigenvalue weighted by atomic mass is 32.2. The number of rotatable bonds is 5. The first-order valence-electron chi connectivity index (χ1n) is 7.84. The van der Waals surface area contributed by atoms with E-state index in [0.29, 0.717) is 5.92 Å². The number of nitrogens with zero attached hydrogens (tertiary/aromatic N) is 1. The molecule has 1 aromatic heterocycles. The normalized spacial score (nSPS) is 16.3. The van der Waals surface area contributed by atoms with Gasteiger partial charge in [0.15, 0.2) is 0 Å². The van der Waals surface area contributed by atoms with E-state index in [1.807, 2.05) is 42.2 Å². The van der Waals surface area contributed by atoms with Crippen LogP contribution in [0.5, 0.6) is 5.75 Å². The molecular formula is C19H18N2OS. The minimum absolute atomic E-state index is 0.591. The minimum atomic E-state index is 0.591. The topological polar surface area (TPSA) is 37.9 Å². The van der Waals surface area contributed by atoms with E-state index in [4.69, 9.17) is 4.74 Å². The molecule has 4 rings (SSSR count). The Labute approximate surface area is 140 Å². The van der Waals surface area contributed by atoms with Gasteiger partial charge in [-0.15, -0.1) is 11.8 Å². The lowest BCUT2D eigenvalue weighted by Crippen LogP contribution is -2.06. The van der Waals surface area contributed by atoms with Gasteiger partial charge in [-0.2, -0.15) is 0 Å². The van der Waals surface area contributed by atoms with Crippen LogP contribution < -0.4 is 4.74 Å². The number of fused-ring (bicyclic) bond motifs is 1. The number of imidazole rings is 1. The highest BCUT2D eigenvalue weighted by Gasteiger charge is 2.22. The van der Waals surface area contributed by atoms with Crippen molar-refractivity contribution in [1.82, 2.24) is 9.97 Å². The molecule has 1 aliphatic rings. The summed E-state index contributed by atoms with van der Waals surface area (Å²) in [5.74, 6) is 2.65. The van der Waals surface area contributed by atoms with Crippen molar-refractivity contribution in [2.75, 3.05) is 12.4 Å². The Kier molecular flexibility index (Phi) is 4.07. The number of benzene rings is 2. The maximum absolute atomic E-state index is 6.07. The molecule has 0 aliphatic carbocycles. The van der Waals surface area contributed by atoms with Crippen molar-refractivity contribution in [2.45, 2.75) is 17.2 Å². The highest BCUT2D eigenvalue weighted by molar-refractivity contribution is 7.99. The summed E-state index contributed by atoms with van der Waals surface area (Å²) in [6.45, 7) is 0.723. The minimum Gasteiger partial charge on any atom is -0.493 e. The number of hydrogen-bond donors (Lipinski definition) is 1. The quantitative estimate of drug-likeness (QED) is 0.737. The van der Waals surface area contributed by atoms with Crippen LogP contribution in [0.25, 0.3) is 11.3 Å². The number of para-hydroxylation sites is 1. The summed E-state index contributed by atoms with van der Waals surface area (Å²) >= 11 is 1.95. The second-order valence-corrected chi connectivity index (χ2v) is 6.70. The van der Waals surface area contributed by atoms with E-state index in [1.165, 1.54) is 10.5 Å². The average Bonchev–Trinajstić information content (AvgIpc) is 3.26. The van der Waals surface area contributed by atoms with E-state index in [9.17, 15) is 0 Å². The zero-order valence-corrected chi connectivity index (χ0v) is 13.6. The highest BCUT2D eigenvalue weighted by Crippen LogP contribution is 2.41. The Balaban J connectivity index is 1.43. The van der Waals surface area contributed by atoms with E-state index in [0.717, 1.165) is 35.8 Å². The first-order valence-corrected chi connectivity index (χ1v) is 8.83. The van der Waals surface area contributed by atoms with Gasteiger partial charge < -0.3 is 9.72 Å². The van der Waals surface area contributed by atoms with Gasteiger partial charge in [0, 0.05) is 22.4 Å². The van der Waals surface area contributed by atoms with Crippen LogP contribution in [0.2, 0.25) is 0 Å². The molecule has 0 amide bonds. The lowest BCUT2D eigenvalue weighted by atomic mass is 9.98. The van der Waals surface area contributed by atoms with Crippen LogP contribution in [0.15, 0.2) is 66.0 Å². The van der Waals surface area contributed by atoms with Gasteiger partial charge in [0.1, 0.15) is 5.75 Å². The van der Waals surface area contributed by atoms with Gasteiger partial charge in [-0.3, -0.25) is 0 Å². The molecule has 0 bridgehead atoms. The number of ether oxygens (including phenoxy) is 1. The maximum Gasteiger partial charge on any atom is 0.128 e. The fraction of sp³-hybridized carbons (Fsp3) is 0.211. The molecule has 1 atom stereocenters. The Morgan fingerprint density at radius 1 is 1.13 bits per heavy atom. The van der Waals surface area contributed by atoms with Gasteiger partial charge in [0.25, 0.3) is 0 Å². The summed E-state index contributed by atoms with van der Waals surface area (Å²) in [5, 5.41) is 0. The molecule has 0 saturated carbocycles. The van der Waals surface area contributed by atoms with Crippen LogP contribution in [0.3, 0.4) is 0 Å². The summed E-state index contributed by atoms with van der Waals surface area (Å²) in [7, 11) is 0. The molecule has 1 N–H and O–H groups in total. The van der Waals surface area contributed by atoms with Gasteiger partial charge in [0.05, 0.1) is 18.6 Å². The smallest absolute Gasteiger partial charge is 0.128 e. The van der Waals surface area contributed by atoms with E-state index in [2.05, 4.69) is 34.2 Å². The fourth-order valence-corrected chi connectivity index (χ4v) is 4.29. The average molecular weight is 322 g/mol. The van der Waals surface area contributed by atoms with Crippen LogP contribution in [0, 0.1) is 0 Å². The molecular weight excluding hydrogens is 304 g/mol. The number of H-pyrrole nitrogens is 1. The van der Waals surface area contributed by atoms with Crippen molar-refractivity contribution in [3.05, 3.63) is 66.6 Å². The lowest BCUT2D eigenvalue weighted by molar-refractivity contribution is 0.303. The fourth-order valence-electron chi connectivity index (χ4n) is 2.99. The Morgan fingerprint density at radius 2 is 2.00 bits per heavy atom. The zero-order chi connectivity index (χ0) is 15.5. The molecule has 0 spiro atoms. The molecule has 3 aromatic rings. The molecule has 1 unspecified atom stereocenters. The lowest BCUT2D eigenvalue weighted by Gasteiger charge is -2.13. The standard InChI is InChI=1S/C19H18N2OS/c1-3-7-18(16(6-1)17-11-20-13-21-17)22-10-9-14-12-23-19-8-4-2-5-15(14)19/h1-8,11,13-14H,9-10,12H2,(H,20,21). The first kappa shape index (κ1) is 14.4. The molecule has 23 heavy (non-hydrogen) atoms. The van der Waals surface area contributed by atoms with Gasteiger partial charge in [-0.25, -0.2) is 4.98 Å². The second-order valence-electron chi connectivity index (χ2n) is 5.63. The largest absolute Gasteiger partial charge is 0.493 e. The third-order valence-electron chi connectivity index (χ3n) is 4.18. The van der Waals surface area contributed by atoms with Gasteiger partial charge in [0.2, 0.25) is 0 Å². The zero-order valence-electron chi connectivity index (χ0n) is 12.7. The summed E-state index contributed by atoms with van der Waals surface area (Å²) in [6, 6.07) is 16.8. The van der Waals surface area contributed by atoms with E-state index >= 15 is 0 Å². The maximum atomic E-state index is 6.07. The summed E-state index contributed by atoms with van der Waals surface area (Å²) in [5.41, 5.74) is 3.43. The molecule has 1 aliphatic heterocycles. The van der Waals surface area contributed by atoms with E-state index in [1.54, 1.807) is 6.33 Å². The number of aromatic amines is 1. The molecule has 116 valence electrons. The third-order valence-corrected chi connectivity index (χ3v) is 5.44. The van der Waals surface area contributed by atoms with Crippen molar-refractivity contribution in [3.8, 4) is 17.0 Å². The van der Waals surface area contributed by atoms with Gasteiger partial charge in [-0.1, -0.05) is 30.3 Å². The molecule has 0 saturated heterocycles. The third kappa shape index (κ3) is 2.99. The predicted molar refractivity (Wildman–Crippen MR) is 94.0 cm³/mol. The van der Waals surface area contributed by atoms with Crippen molar-refractivity contribution < 1.29 is 4.74 Å². The number of nitrogens with one attached hydrogen (secondary N) is 1. The van der Waals surface area contributed by atoms with E-state index < -0.39 is 0 Å². The predicted octanol–water partition coefficient (Wildman–Crippen LogP) is 4.74. The monoisotopic (exact) mass is 322 g/mol. The Hall–Kier alpha value is -2.20. The van der Waals surface area contributed by atoms with Crippen LogP contribution >= 0.6 is 11.8 Å². The number of hydrogen-bond acceptors (Lipinski definition) is 3. The van der Waals surface area contributed by atoms with Gasteiger partial charge in [-0.05, 0) is 36.1 Å². The van der Waals surface area contributed by atoms with Crippen LogP contribution in [-0.4, -0.2) is 22.3 Å². The molecule has 3 nitrogen and oxygen atoms in total. The van der Waals surface area contributed by atoms with E-state index in [-0.39, 0.29) is 0 Å². The van der Waals surface area contributed by atoms with Gasteiger partial charge >= 0.3 is 0 Å². The van der Waals surface area contributed by atoms with Crippen LogP contribution in [0.1, 0.15) is 17.9 Å². The summed E-state index contributed by atoms with van der Waals surface area (Å²) in [6.07, 6.45) is 4.63. The first-order chi connectivity index (χ1) is 11.4. The Bertz CT molecular complexity index is 786. The van der Waals surface area contributed by atoms with Crippen molar-refractivity contribution in [2.24, 2.45) is 0 Å². The van der Waals surface area contributed by atoms with Crippen molar-refractivity contribution >= 4 is 11.8 Å². The SMILES string of the molecule is c1ccc(-c2c[nH]cn2)c(OCCC2CSc3ccccc32)c1. The summed E-state index contributed by atoms with van der Waals surface area (Å²) in [4.78, 5) is 8.75. The molecule has 0 fully saturated rings. The van der Waals surface area contributed by atoms with Crippen LogP contribution in [-0.2, 0) is 0 Å². The molecule has 4 heteroatoms. The second kappa shape index (κ2) is 6.50.